The first-order valence-electron chi connectivity index (χ1n) is 11.6. The van der Waals surface area contributed by atoms with Crippen molar-refractivity contribution in [1.82, 2.24) is 0 Å². The van der Waals surface area contributed by atoms with Gasteiger partial charge in [0.05, 0.1) is 19.6 Å². The van der Waals surface area contributed by atoms with E-state index in [-0.39, 0.29) is 52.3 Å². The first-order chi connectivity index (χ1) is 18.2. The van der Waals surface area contributed by atoms with Crippen LogP contribution >= 0.6 is 0 Å². The van der Waals surface area contributed by atoms with E-state index in [2.05, 4.69) is 0 Å². The third-order valence-electron chi connectivity index (χ3n) is 6.62. The third kappa shape index (κ3) is 3.53. The highest BCUT2D eigenvalue weighted by molar-refractivity contribution is 7.92. The van der Waals surface area contributed by atoms with E-state index < -0.39 is 31.2 Å². The van der Waals surface area contributed by atoms with Gasteiger partial charge in [-0.25, -0.2) is 16.8 Å². The maximum Gasteiger partial charge on any atom is 0.207 e. The van der Waals surface area contributed by atoms with Crippen molar-refractivity contribution < 1.29 is 26.4 Å². The normalized spacial score (nSPS) is 13.7. The number of rotatable bonds is 4. The number of allylic oxidation sites excluding steroid dienone is 2. The van der Waals surface area contributed by atoms with Crippen LogP contribution in [0.5, 0.6) is 0 Å². The SMILES string of the molecule is O=C1C=CC(=O)c2cc3c(S(=O)(=O)c4ccccc4)c4ccccc4c(S(=O)(=O)c4ccccc4)c3cc21. The summed E-state index contributed by atoms with van der Waals surface area (Å²) in [6.07, 6.45) is 2.26. The Bertz CT molecular complexity index is 1910. The molecule has 5 aromatic rings. The van der Waals surface area contributed by atoms with E-state index in [0.29, 0.717) is 0 Å². The summed E-state index contributed by atoms with van der Waals surface area (Å²) in [5.74, 6) is -0.935. The standard InChI is InChI=1S/C30H18O6S2/c31-27-15-16-28(32)24-18-26-25(17-23(24)27)29(37(33,34)19-9-3-1-4-10-19)21-13-7-8-14-22(21)30(26)38(35,36)20-11-5-2-6-12-20/h1-18H. The second kappa shape index (κ2) is 8.58. The van der Waals surface area contributed by atoms with Gasteiger partial charge in [-0.1, -0.05) is 60.7 Å². The molecule has 8 heteroatoms. The van der Waals surface area contributed by atoms with Crippen molar-refractivity contribution in [3.05, 3.63) is 120 Å². The molecule has 5 aromatic carbocycles. The van der Waals surface area contributed by atoms with Gasteiger partial charge in [-0.3, -0.25) is 9.59 Å². The Balaban J connectivity index is 1.87. The molecule has 1 aliphatic carbocycles. The minimum atomic E-state index is -4.19. The van der Waals surface area contributed by atoms with Gasteiger partial charge in [-0.2, -0.15) is 0 Å². The lowest BCUT2D eigenvalue weighted by atomic mass is 9.90. The molecule has 38 heavy (non-hydrogen) atoms. The van der Waals surface area contributed by atoms with Gasteiger partial charge in [0, 0.05) is 32.7 Å². The summed E-state index contributed by atoms with van der Waals surface area (Å²) in [7, 11) is -8.37. The number of carbonyl (C=O) groups is 2. The van der Waals surface area contributed by atoms with E-state index in [0.717, 1.165) is 12.2 Å². The highest BCUT2D eigenvalue weighted by Crippen LogP contribution is 2.43. The summed E-state index contributed by atoms with van der Waals surface area (Å²) in [6.45, 7) is 0. The smallest absolute Gasteiger partial charge is 0.207 e. The van der Waals surface area contributed by atoms with Crippen molar-refractivity contribution in [2.24, 2.45) is 0 Å². The highest BCUT2D eigenvalue weighted by Gasteiger charge is 2.32. The summed E-state index contributed by atoms with van der Waals surface area (Å²) in [5.41, 5.74) is 0.0423. The summed E-state index contributed by atoms with van der Waals surface area (Å²) >= 11 is 0. The Hall–Kier alpha value is -4.40. The number of sulfone groups is 2. The molecule has 0 unspecified atom stereocenters. The summed E-state index contributed by atoms with van der Waals surface area (Å²) in [6, 6.07) is 24.7. The second-order valence-electron chi connectivity index (χ2n) is 8.84. The topological polar surface area (TPSA) is 102 Å². The average Bonchev–Trinajstić information content (AvgIpc) is 2.93. The molecule has 0 aliphatic heterocycles. The zero-order chi connectivity index (χ0) is 26.7. The van der Waals surface area contributed by atoms with E-state index in [1.54, 1.807) is 60.7 Å². The second-order valence-corrected chi connectivity index (χ2v) is 12.6. The molecule has 0 atom stereocenters. The number of carbonyl (C=O) groups excluding carboxylic acids is 2. The molecule has 0 N–H and O–H groups in total. The van der Waals surface area contributed by atoms with Gasteiger partial charge in [-0.05, 0) is 48.6 Å². The zero-order valence-electron chi connectivity index (χ0n) is 19.7. The molecule has 1 aliphatic rings. The number of benzene rings is 5. The summed E-state index contributed by atoms with van der Waals surface area (Å²) < 4.78 is 56.4. The molecular formula is C30H18O6S2. The van der Waals surface area contributed by atoms with Gasteiger partial charge < -0.3 is 0 Å². The molecule has 0 bridgehead atoms. The number of hydrogen-bond donors (Lipinski definition) is 0. The Morgan fingerprint density at radius 2 is 0.763 bits per heavy atom. The van der Waals surface area contributed by atoms with Crippen molar-refractivity contribution in [3.8, 4) is 0 Å². The van der Waals surface area contributed by atoms with Crippen molar-refractivity contribution >= 4 is 52.8 Å². The van der Waals surface area contributed by atoms with Gasteiger partial charge in [0.2, 0.25) is 19.7 Å². The van der Waals surface area contributed by atoms with Gasteiger partial charge >= 0.3 is 0 Å². The molecule has 0 fully saturated rings. The maximum absolute atomic E-state index is 14.1. The van der Waals surface area contributed by atoms with Crippen LogP contribution in [0.15, 0.2) is 129 Å². The lowest BCUT2D eigenvalue weighted by molar-refractivity contribution is 0.0994. The Labute approximate surface area is 218 Å². The van der Waals surface area contributed by atoms with E-state index >= 15 is 0 Å². The summed E-state index contributed by atoms with van der Waals surface area (Å²) in [4.78, 5) is 25.3. The molecule has 0 heterocycles. The maximum atomic E-state index is 14.1. The minimum Gasteiger partial charge on any atom is -0.289 e. The van der Waals surface area contributed by atoms with Gasteiger partial charge in [-0.15, -0.1) is 0 Å². The van der Waals surface area contributed by atoms with Crippen LogP contribution in [0.4, 0.5) is 0 Å². The molecular weight excluding hydrogens is 520 g/mol. The van der Waals surface area contributed by atoms with Crippen LogP contribution in [0.3, 0.4) is 0 Å². The van der Waals surface area contributed by atoms with Crippen LogP contribution in [0.1, 0.15) is 20.7 Å². The molecule has 0 radical (unpaired) electrons. The lowest BCUT2D eigenvalue weighted by Crippen LogP contribution is -2.14. The van der Waals surface area contributed by atoms with E-state index in [4.69, 9.17) is 0 Å². The Morgan fingerprint density at radius 3 is 1.13 bits per heavy atom. The predicted molar refractivity (Wildman–Crippen MR) is 143 cm³/mol. The Morgan fingerprint density at radius 1 is 0.421 bits per heavy atom. The molecule has 0 amide bonds. The minimum absolute atomic E-state index is 0.0186. The third-order valence-corrected chi connectivity index (χ3v) is 10.4. The summed E-state index contributed by atoms with van der Waals surface area (Å²) in [5, 5.41) is 0.501. The number of ketones is 2. The fourth-order valence-electron chi connectivity index (χ4n) is 4.90. The number of hydrogen-bond acceptors (Lipinski definition) is 6. The lowest BCUT2D eigenvalue weighted by Gasteiger charge is -2.20. The van der Waals surface area contributed by atoms with Crippen molar-refractivity contribution in [2.45, 2.75) is 19.6 Å². The van der Waals surface area contributed by atoms with Gasteiger partial charge in [0.15, 0.2) is 11.6 Å². The molecule has 186 valence electrons. The van der Waals surface area contributed by atoms with Crippen LogP contribution in [-0.2, 0) is 19.7 Å². The molecule has 6 nitrogen and oxygen atoms in total. The van der Waals surface area contributed by atoms with Crippen molar-refractivity contribution in [3.63, 3.8) is 0 Å². The van der Waals surface area contributed by atoms with Gasteiger partial charge in [0.1, 0.15) is 0 Å². The Kier molecular flexibility index (Phi) is 5.41. The fourth-order valence-corrected chi connectivity index (χ4v) is 8.25. The van der Waals surface area contributed by atoms with E-state index in [1.807, 2.05) is 0 Å². The first-order valence-corrected chi connectivity index (χ1v) is 14.6. The van der Waals surface area contributed by atoms with Crippen LogP contribution in [0, 0.1) is 0 Å². The molecule has 0 spiro atoms. The van der Waals surface area contributed by atoms with Crippen LogP contribution in [0.2, 0.25) is 0 Å². The van der Waals surface area contributed by atoms with E-state index in [1.165, 1.54) is 36.4 Å². The van der Waals surface area contributed by atoms with E-state index in [9.17, 15) is 26.4 Å². The van der Waals surface area contributed by atoms with Crippen LogP contribution in [-0.4, -0.2) is 28.4 Å². The van der Waals surface area contributed by atoms with Crippen molar-refractivity contribution in [2.75, 3.05) is 0 Å². The van der Waals surface area contributed by atoms with Gasteiger partial charge in [0.25, 0.3) is 0 Å². The molecule has 0 saturated carbocycles. The quantitative estimate of drug-likeness (QED) is 0.276. The molecule has 0 saturated heterocycles. The van der Waals surface area contributed by atoms with Crippen molar-refractivity contribution in [1.29, 1.82) is 0 Å². The first kappa shape index (κ1) is 24.0. The largest absolute Gasteiger partial charge is 0.289 e. The van der Waals surface area contributed by atoms with Crippen LogP contribution in [0.25, 0.3) is 21.5 Å². The number of fused-ring (bicyclic) bond motifs is 3. The molecule has 0 aromatic heterocycles. The average molecular weight is 539 g/mol. The highest BCUT2D eigenvalue weighted by atomic mass is 32.2. The monoisotopic (exact) mass is 538 g/mol. The van der Waals surface area contributed by atoms with Crippen LogP contribution < -0.4 is 0 Å². The fraction of sp³-hybridized carbons (Fsp3) is 0. The molecule has 6 rings (SSSR count). The predicted octanol–water partition coefficient (Wildman–Crippen LogP) is 5.59. The zero-order valence-corrected chi connectivity index (χ0v) is 21.3.